The minimum atomic E-state index is 0.553. The van der Waals surface area contributed by atoms with Crippen LogP contribution in [-0.2, 0) is 0 Å². The maximum absolute atomic E-state index is 3.99. The van der Waals surface area contributed by atoms with Crippen LogP contribution in [0.3, 0.4) is 0 Å². The van der Waals surface area contributed by atoms with Crippen LogP contribution in [0.2, 0.25) is 0 Å². The fraction of sp³-hybridized carbons (Fsp3) is 0.143. The number of halogens is 1. The smallest absolute Gasteiger partial charge is 0.205 e. The summed E-state index contributed by atoms with van der Waals surface area (Å²) in [7, 11) is 0. The molecule has 1 heterocycles. The first-order chi connectivity index (χ1) is 4.83. The zero-order valence-corrected chi connectivity index (χ0v) is 7.01. The Labute approximate surface area is 67.8 Å². The Kier molecular flexibility index (Phi) is 2.41. The molecule has 50 valence electrons. The van der Waals surface area contributed by atoms with Crippen LogP contribution < -0.4 is 0 Å². The fourth-order valence-electron chi connectivity index (χ4n) is 0.509. The van der Waals surface area contributed by atoms with Crippen LogP contribution in [0.1, 0.15) is 12.7 Å². The van der Waals surface area contributed by atoms with Crippen LogP contribution >= 0.6 is 15.9 Å². The standard InChI is InChI=1S/C7H5BrN2/c1-2-3-7-9-5-4-6(8)10-7/h4-5H,1H3. The lowest BCUT2D eigenvalue weighted by Gasteiger charge is -1.87. The van der Waals surface area contributed by atoms with Gasteiger partial charge in [0, 0.05) is 6.20 Å². The van der Waals surface area contributed by atoms with Crippen molar-refractivity contribution in [3.63, 3.8) is 0 Å². The van der Waals surface area contributed by atoms with Crippen molar-refractivity contribution in [2.75, 3.05) is 0 Å². The summed E-state index contributed by atoms with van der Waals surface area (Å²) in [6.07, 6.45) is 1.66. The van der Waals surface area contributed by atoms with Gasteiger partial charge >= 0.3 is 0 Å². The summed E-state index contributed by atoms with van der Waals surface area (Å²) in [5.74, 6) is 6.01. The molecule has 10 heavy (non-hydrogen) atoms. The van der Waals surface area contributed by atoms with E-state index < -0.39 is 0 Å². The normalized spacial score (nSPS) is 8.20. The van der Waals surface area contributed by atoms with Crippen molar-refractivity contribution in [3.8, 4) is 11.8 Å². The predicted molar refractivity (Wildman–Crippen MR) is 42.3 cm³/mol. The molecule has 0 saturated carbocycles. The molecule has 1 aromatic heterocycles. The molecular formula is C7H5BrN2. The van der Waals surface area contributed by atoms with E-state index in [0.717, 1.165) is 4.60 Å². The van der Waals surface area contributed by atoms with E-state index in [2.05, 4.69) is 37.7 Å². The molecule has 0 N–H and O–H groups in total. The summed E-state index contributed by atoms with van der Waals surface area (Å²) in [5.41, 5.74) is 0. The van der Waals surface area contributed by atoms with E-state index in [4.69, 9.17) is 0 Å². The van der Waals surface area contributed by atoms with E-state index in [0.29, 0.717) is 5.82 Å². The lowest BCUT2D eigenvalue weighted by Crippen LogP contribution is -1.86. The second kappa shape index (κ2) is 3.33. The predicted octanol–water partition coefficient (Wildman–Crippen LogP) is 1.61. The Morgan fingerprint density at radius 2 is 2.40 bits per heavy atom. The van der Waals surface area contributed by atoms with E-state index in [1.54, 1.807) is 19.2 Å². The minimum Gasteiger partial charge on any atom is -0.229 e. The van der Waals surface area contributed by atoms with Gasteiger partial charge in [0.05, 0.1) is 0 Å². The first-order valence-corrected chi connectivity index (χ1v) is 3.53. The lowest BCUT2D eigenvalue weighted by molar-refractivity contribution is 1.10. The largest absolute Gasteiger partial charge is 0.229 e. The number of aromatic nitrogens is 2. The number of rotatable bonds is 0. The van der Waals surface area contributed by atoms with Crippen molar-refractivity contribution in [2.45, 2.75) is 6.92 Å². The highest BCUT2D eigenvalue weighted by molar-refractivity contribution is 9.10. The van der Waals surface area contributed by atoms with E-state index in [1.807, 2.05) is 0 Å². The van der Waals surface area contributed by atoms with Crippen LogP contribution in [-0.4, -0.2) is 9.97 Å². The summed E-state index contributed by atoms with van der Waals surface area (Å²) < 4.78 is 0.764. The zero-order valence-electron chi connectivity index (χ0n) is 5.43. The van der Waals surface area contributed by atoms with Gasteiger partial charge in [-0.1, -0.05) is 5.92 Å². The molecule has 0 radical (unpaired) electrons. The quantitative estimate of drug-likeness (QED) is 0.466. The van der Waals surface area contributed by atoms with Gasteiger partial charge in [0.15, 0.2) is 0 Å². The van der Waals surface area contributed by atoms with Crippen LogP contribution in [0.4, 0.5) is 0 Å². The number of hydrogen-bond acceptors (Lipinski definition) is 2. The van der Waals surface area contributed by atoms with E-state index >= 15 is 0 Å². The molecular weight excluding hydrogens is 192 g/mol. The molecule has 1 aromatic rings. The van der Waals surface area contributed by atoms with Gasteiger partial charge in [0.1, 0.15) is 4.60 Å². The maximum atomic E-state index is 3.99. The third-order valence-electron chi connectivity index (χ3n) is 0.858. The Balaban J connectivity index is 3.03. The molecule has 0 saturated heterocycles. The molecule has 0 fully saturated rings. The molecule has 2 nitrogen and oxygen atoms in total. The van der Waals surface area contributed by atoms with E-state index in [-0.39, 0.29) is 0 Å². The fourth-order valence-corrected chi connectivity index (χ4v) is 0.795. The zero-order chi connectivity index (χ0) is 7.40. The highest BCUT2D eigenvalue weighted by atomic mass is 79.9. The topological polar surface area (TPSA) is 25.8 Å². The molecule has 0 atom stereocenters. The second-order valence-electron chi connectivity index (χ2n) is 1.58. The Morgan fingerprint density at radius 3 is 3.00 bits per heavy atom. The molecule has 0 aliphatic carbocycles. The summed E-state index contributed by atoms with van der Waals surface area (Å²) >= 11 is 3.21. The van der Waals surface area contributed by atoms with Crippen molar-refractivity contribution in [1.29, 1.82) is 0 Å². The van der Waals surface area contributed by atoms with Crippen LogP contribution in [0.5, 0.6) is 0 Å². The lowest BCUT2D eigenvalue weighted by atomic mass is 10.5. The van der Waals surface area contributed by atoms with Crippen molar-refractivity contribution in [1.82, 2.24) is 9.97 Å². The van der Waals surface area contributed by atoms with Crippen LogP contribution in [0.25, 0.3) is 0 Å². The van der Waals surface area contributed by atoms with Crippen LogP contribution in [0.15, 0.2) is 16.9 Å². The third-order valence-corrected chi connectivity index (χ3v) is 1.30. The molecule has 3 heteroatoms. The molecule has 0 aliphatic rings. The Hall–Kier alpha value is -0.880. The molecule has 0 unspecified atom stereocenters. The SMILES string of the molecule is CC#Cc1nccc(Br)n1. The van der Waals surface area contributed by atoms with Gasteiger partial charge in [0.25, 0.3) is 0 Å². The summed E-state index contributed by atoms with van der Waals surface area (Å²) in [6, 6.07) is 1.76. The van der Waals surface area contributed by atoms with Gasteiger partial charge in [0.2, 0.25) is 5.82 Å². The van der Waals surface area contributed by atoms with E-state index in [1.165, 1.54) is 0 Å². The molecule has 0 aliphatic heterocycles. The minimum absolute atomic E-state index is 0.553. The maximum Gasteiger partial charge on any atom is 0.205 e. The van der Waals surface area contributed by atoms with Gasteiger partial charge in [-0.3, -0.25) is 0 Å². The average Bonchev–Trinajstić information content (AvgIpc) is 1.88. The van der Waals surface area contributed by atoms with Crippen molar-refractivity contribution in [2.24, 2.45) is 0 Å². The molecule has 0 bridgehead atoms. The van der Waals surface area contributed by atoms with Gasteiger partial charge in [-0.05, 0) is 34.8 Å². The van der Waals surface area contributed by atoms with Gasteiger partial charge in [-0.15, -0.1) is 0 Å². The second-order valence-corrected chi connectivity index (χ2v) is 2.39. The third kappa shape index (κ3) is 1.82. The molecule has 0 amide bonds. The van der Waals surface area contributed by atoms with Crippen molar-refractivity contribution < 1.29 is 0 Å². The Morgan fingerprint density at radius 1 is 1.60 bits per heavy atom. The van der Waals surface area contributed by atoms with Crippen molar-refractivity contribution >= 4 is 15.9 Å². The molecule has 0 spiro atoms. The molecule has 0 aromatic carbocycles. The first-order valence-electron chi connectivity index (χ1n) is 2.74. The monoisotopic (exact) mass is 196 g/mol. The van der Waals surface area contributed by atoms with Gasteiger partial charge in [-0.2, -0.15) is 0 Å². The Bertz CT molecular complexity index is 285. The average molecular weight is 197 g/mol. The van der Waals surface area contributed by atoms with Crippen LogP contribution in [0, 0.1) is 11.8 Å². The highest BCUT2D eigenvalue weighted by Crippen LogP contribution is 2.02. The highest BCUT2D eigenvalue weighted by Gasteiger charge is 1.89. The van der Waals surface area contributed by atoms with E-state index in [9.17, 15) is 0 Å². The van der Waals surface area contributed by atoms with Gasteiger partial charge in [-0.25, -0.2) is 9.97 Å². The van der Waals surface area contributed by atoms with Gasteiger partial charge < -0.3 is 0 Å². The number of hydrogen-bond donors (Lipinski definition) is 0. The summed E-state index contributed by atoms with van der Waals surface area (Å²) in [4.78, 5) is 7.91. The number of nitrogens with zero attached hydrogens (tertiary/aromatic N) is 2. The van der Waals surface area contributed by atoms with Crippen molar-refractivity contribution in [3.05, 3.63) is 22.7 Å². The summed E-state index contributed by atoms with van der Waals surface area (Å²) in [6.45, 7) is 1.75. The first kappa shape index (κ1) is 7.23. The molecule has 1 rings (SSSR count). The summed E-state index contributed by atoms with van der Waals surface area (Å²) in [5, 5.41) is 0.